The minimum Gasteiger partial charge on any atom is -0.394 e. The number of nitrogens with zero attached hydrogens (tertiary/aromatic N) is 2. The minimum absolute atomic E-state index is 0.192. The van der Waals surface area contributed by atoms with Crippen LogP contribution in [-0.2, 0) is 11.2 Å². The first kappa shape index (κ1) is 17.7. The van der Waals surface area contributed by atoms with Gasteiger partial charge in [0.05, 0.1) is 29.2 Å². The Labute approximate surface area is 145 Å². The number of aryl methyl sites for hydroxylation is 1. The molecule has 1 amide bonds. The van der Waals surface area contributed by atoms with Crippen molar-refractivity contribution in [1.82, 2.24) is 9.55 Å². The monoisotopic (exact) mass is 348 g/mol. The quantitative estimate of drug-likeness (QED) is 0.623. The van der Waals surface area contributed by atoms with E-state index in [1.807, 2.05) is 13.8 Å². The molecule has 8 heteroatoms. The van der Waals surface area contributed by atoms with Crippen LogP contribution in [0, 0.1) is 5.92 Å². The van der Waals surface area contributed by atoms with Crippen LogP contribution in [0.5, 0.6) is 0 Å². The summed E-state index contributed by atoms with van der Waals surface area (Å²) in [4.78, 5) is 16.1. The van der Waals surface area contributed by atoms with Crippen LogP contribution in [0.3, 0.4) is 0 Å². The van der Waals surface area contributed by atoms with E-state index in [9.17, 15) is 15.0 Å². The molecule has 0 spiro atoms. The maximum atomic E-state index is 11.9. The van der Waals surface area contributed by atoms with Crippen molar-refractivity contribution in [1.29, 1.82) is 0 Å². The second kappa shape index (κ2) is 6.62. The number of amides is 1. The molecule has 2 aromatic rings. The number of primary amides is 1. The average molecular weight is 348 g/mol. The fourth-order valence-electron chi connectivity index (χ4n) is 3.53. The predicted molar refractivity (Wildman–Crippen MR) is 92.8 cm³/mol. The lowest BCUT2D eigenvalue weighted by Gasteiger charge is -2.20. The number of rotatable bonds is 5. The molecule has 25 heavy (non-hydrogen) atoms. The van der Waals surface area contributed by atoms with Crippen molar-refractivity contribution in [3.63, 3.8) is 0 Å². The lowest BCUT2D eigenvalue weighted by atomic mass is 10.0. The molecule has 4 atom stereocenters. The molecule has 136 valence electrons. The molecule has 8 nitrogen and oxygen atoms in total. The number of aliphatic hydroxyl groups is 2. The number of anilines is 1. The van der Waals surface area contributed by atoms with E-state index >= 15 is 0 Å². The van der Waals surface area contributed by atoms with Crippen LogP contribution in [0.2, 0.25) is 0 Å². The lowest BCUT2D eigenvalue weighted by molar-refractivity contribution is -0.0487. The van der Waals surface area contributed by atoms with Gasteiger partial charge in [0.25, 0.3) is 5.91 Å². The highest BCUT2D eigenvalue weighted by Crippen LogP contribution is 2.39. The van der Waals surface area contributed by atoms with Crippen LogP contribution < -0.4 is 11.5 Å². The number of aromatic nitrogens is 2. The number of hydrogen-bond acceptors (Lipinski definition) is 6. The van der Waals surface area contributed by atoms with E-state index in [0.29, 0.717) is 10.9 Å². The Kier molecular flexibility index (Phi) is 4.68. The lowest BCUT2D eigenvalue weighted by Crippen LogP contribution is -2.25. The molecule has 1 aliphatic rings. The van der Waals surface area contributed by atoms with Crippen molar-refractivity contribution in [2.75, 3.05) is 12.3 Å². The number of nitrogens with two attached hydrogens (primary N) is 2. The Morgan fingerprint density at radius 3 is 2.76 bits per heavy atom. The minimum atomic E-state index is -0.836. The molecular formula is C17H24N4O4. The molecule has 1 aliphatic heterocycles. The van der Waals surface area contributed by atoms with Crippen LogP contribution in [0.25, 0.3) is 10.9 Å². The summed E-state index contributed by atoms with van der Waals surface area (Å²) in [5.41, 5.74) is 13.4. The molecular weight excluding hydrogens is 324 g/mol. The number of aliphatic hydroxyl groups excluding tert-OH is 2. The summed E-state index contributed by atoms with van der Waals surface area (Å²) in [6, 6.07) is 0. The van der Waals surface area contributed by atoms with Crippen molar-refractivity contribution < 1.29 is 19.7 Å². The van der Waals surface area contributed by atoms with E-state index in [-0.39, 0.29) is 23.9 Å². The molecule has 0 aliphatic carbocycles. The molecule has 1 fully saturated rings. The Bertz CT molecular complexity index is 804. The highest BCUT2D eigenvalue weighted by Gasteiger charge is 2.42. The first-order valence-electron chi connectivity index (χ1n) is 8.42. The van der Waals surface area contributed by atoms with Gasteiger partial charge in [-0.3, -0.25) is 4.79 Å². The van der Waals surface area contributed by atoms with Gasteiger partial charge in [-0.15, -0.1) is 0 Å². The summed E-state index contributed by atoms with van der Waals surface area (Å²) >= 11 is 0. The fraction of sp³-hybridized carbons (Fsp3) is 0.529. The summed E-state index contributed by atoms with van der Waals surface area (Å²) in [5.74, 6) is -0.662. The molecule has 0 radical (unpaired) electrons. The van der Waals surface area contributed by atoms with Gasteiger partial charge in [0.15, 0.2) is 6.23 Å². The SMILES string of the molecule is CCCc1cnc(N)c2c(C(N)=O)cn(C3OC(CO)C(C)C3O)c12. The Hall–Kier alpha value is -2.16. The molecule has 0 saturated carbocycles. The number of hydrogen-bond donors (Lipinski definition) is 4. The standard InChI is InChI=1S/C17H24N4O4/c1-3-4-9-5-20-15(18)12-10(16(19)24)6-21(13(9)12)17-14(23)8(2)11(7-22)25-17/h5-6,8,11,14,17,22-23H,3-4,7H2,1-2H3,(H2,18,20)(H2,19,24). The zero-order valence-corrected chi connectivity index (χ0v) is 14.3. The van der Waals surface area contributed by atoms with Crippen molar-refractivity contribution in [2.24, 2.45) is 11.7 Å². The number of nitrogen functional groups attached to an aromatic ring is 1. The molecule has 2 aromatic heterocycles. The molecule has 6 N–H and O–H groups in total. The third-order valence-electron chi connectivity index (χ3n) is 4.92. The molecule has 0 bridgehead atoms. The Morgan fingerprint density at radius 1 is 1.48 bits per heavy atom. The molecule has 3 heterocycles. The summed E-state index contributed by atoms with van der Waals surface area (Å²) in [6.45, 7) is 3.66. The Morgan fingerprint density at radius 2 is 2.20 bits per heavy atom. The van der Waals surface area contributed by atoms with Gasteiger partial charge in [0, 0.05) is 18.3 Å². The van der Waals surface area contributed by atoms with Gasteiger partial charge in [-0.05, 0) is 12.0 Å². The Balaban J connectivity index is 2.24. The molecule has 4 unspecified atom stereocenters. The van der Waals surface area contributed by atoms with E-state index < -0.39 is 24.3 Å². The number of carbonyl (C=O) groups is 1. The van der Waals surface area contributed by atoms with E-state index in [1.165, 1.54) is 0 Å². The number of ether oxygens (including phenoxy) is 1. The number of carbonyl (C=O) groups excluding carboxylic acids is 1. The summed E-state index contributed by atoms with van der Waals surface area (Å²) in [6.07, 6.45) is 2.79. The van der Waals surface area contributed by atoms with Gasteiger partial charge in [-0.25, -0.2) is 4.98 Å². The van der Waals surface area contributed by atoms with E-state index in [4.69, 9.17) is 16.2 Å². The normalized spacial score (nSPS) is 26.4. The molecule has 1 saturated heterocycles. The second-order valence-electron chi connectivity index (χ2n) is 6.55. The van der Waals surface area contributed by atoms with Crippen molar-refractivity contribution >= 4 is 22.6 Å². The predicted octanol–water partition coefficient (Wildman–Crippen LogP) is 0.557. The van der Waals surface area contributed by atoms with Crippen LogP contribution in [0.4, 0.5) is 5.82 Å². The van der Waals surface area contributed by atoms with Crippen LogP contribution in [-0.4, -0.2) is 44.5 Å². The van der Waals surface area contributed by atoms with E-state index in [0.717, 1.165) is 18.4 Å². The molecule has 0 aromatic carbocycles. The number of pyridine rings is 1. The summed E-state index contributed by atoms with van der Waals surface area (Å²) in [5, 5.41) is 20.5. The maximum Gasteiger partial charge on any atom is 0.251 e. The third-order valence-corrected chi connectivity index (χ3v) is 4.92. The molecule has 3 rings (SSSR count). The second-order valence-corrected chi connectivity index (χ2v) is 6.55. The first-order valence-corrected chi connectivity index (χ1v) is 8.42. The van der Waals surface area contributed by atoms with Crippen LogP contribution in [0.15, 0.2) is 12.4 Å². The smallest absolute Gasteiger partial charge is 0.251 e. The topological polar surface area (TPSA) is 137 Å². The summed E-state index contributed by atoms with van der Waals surface area (Å²) < 4.78 is 7.55. The van der Waals surface area contributed by atoms with E-state index in [2.05, 4.69) is 4.98 Å². The van der Waals surface area contributed by atoms with Crippen LogP contribution >= 0.6 is 0 Å². The van der Waals surface area contributed by atoms with Gasteiger partial charge in [-0.2, -0.15) is 0 Å². The van der Waals surface area contributed by atoms with Gasteiger partial charge in [0.2, 0.25) is 0 Å². The van der Waals surface area contributed by atoms with Crippen molar-refractivity contribution in [3.8, 4) is 0 Å². The van der Waals surface area contributed by atoms with Gasteiger partial charge in [0.1, 0.15) is 11.9 Å². The van der Waals surface area contributed by atoms with Gasteiger partial charge < -0.3 is 31.0 Å². The third kappa shape index (κ3) is 2.76. The average Bonchev–Trinajstić information content (AvgIpc) is 3.11. The van der Waals surface area contributed by atoms with E-state index in [1.54, 1.807) is 17.0 Å². The van der Waals surface area contributed by atoms with Gasteiger partial charge in [-0.1, -0.05) is 20.3 Å². The van der Waals surface area contributed by atoms with Crippen LogP contribution in [0.1, 0.15) is 42.4 Å². The largest absolute Gasteiger partial charge is 0.394 e. The highest BCUT2D eigenvalue weighted by molar-refractivity contribution is 6.10. The van der Waals surface area contributed by atoms with Gasteiger partial charge >= 0.3 is 0 Å². The number of fused-ring (bicyclic) bond motifs is 1. The first-order chi connectivity index (χ1) is 11.9. The zero-order valence-electron chi connectivity index (χ0n) is 14.3. The summed E-state index contributed by atoms with van der Waals surface area (Å²) in [7, 11) is 0. The van der Waals surface area contributed by atoms with Crippen molar-refractivity contribution in [2.45, 2.75) is 45.1 Å². The van der Waals surface area contributed by atoms with Crippen molar-refractivity contribution in [3.05, 3.63) is 23.5 Å². The zero-order chi connectivity index (χ0) is 18.3. The maximum absolute atomic E-state index is 11.9. The fourth-order valence-corrected chi connectivity index (χ4v) is 3.53. The highest BCUT2D eigenvalue weighted by atomic mass is 16.5.